The summed E-state index contributed by atoms with van der Waals surface area (Å²) in [5, 5.41) is 27.3. The average Bonchev–Trinajstić information content (AvgIpc) is 3.05. The summed E-state index contributed by atoms with van der Waals surface area (Å²) in [6, 6.07) is 20.4. The summed E-state index contributed by atoms with van der Waals surface area (Å²) in [5.41, 5.74) is 3.82. The van der Waals surface area contributed by atoms with E-state index < -0.39 is 26.2 Å². The second-order valence-corrected chi connectivity index (χ2v) is 15.9. The highest BCUT2D eigenvalue weighted by Crippen LogP contribution is 2.28. The van der Waals surface area contributed by atoms with Gasteiger partial charge in [-0.25, -0.2) is 16.8 Å². The number of rotatable bonds is 13. The SMILES string of the molecule is CS(=O)(=O)Nc1cc(C(O)CNCCc2ccc(NC3CCN(c4ccc(S(=O)(=O)N5CCCCC5)cc4)CC3)cc2)ccc1O. The maximum atomic E-state index is 13.0. The van der Waals surface area contributed by atoms with Crippen molar-refractivity contribution in [2.24, 2.45) is 0 Å². The number of sulfonamides is 2. The predicted molar refractivity (Wildman–Crippen MR) is 182 cm³/mol. The number of benzene rings is 3. The minimum Gasteiger partial charge on any atom is -0.506 e. The minimum absolute atomic E-state index is 0.0333. The van der Waals surface area contributed by atoms with Crippen molar-refractivity contribution in [3.05, 3.63) is 77.9 Å². The normalized spacial score (nSPS) is 17.5. The number of aliphatic hydroxyl groups excluding tert-OH is 1. The number of aliphatic hydroxyl groups is 1. The van der Waals surface area contributed by atoms with Crippen molar-refractivity contribution < 1.29 is 27.0 Å². The zero-order valence-electron chi connectivity index (χ0n) is 26.2. The van der Waals surface area contributed by atoms with Crippen molar-refractivity contribution in [2.75, 3.05) is 60.5 Å². The molecule has 0 amide bonds. The molecule has 2 aliphatic heterocycles. The molecule has 250 valence electrons. The molecule has 1 atom stereocenters. The molecule has 46 heavy (non-hydrogen) atoms. The zero-order chi connectivity index (χ0) is 32.7. The molecule has 0 aromatic heterocycles. The lowest BCUT2D eigenvalue weighted by Gasteiger charge is -2.34. The Labute approximate surface area is 272 Å². The van der Waals surface area contributed by atoms with Gasteiger partial charge in [0.25, 0.3) is 0 Å². The van der Waals surface area contributed by atoms with Gasteiger partial charge >= 0.3 is 0 Å². The van der Waals surface area contributed by atoms with E-state index in [2.05, 4.69) is 44.5 Å². The molecule has 3 aromatic carbocycles. The first-order chi connectivity index (χ1) is 22.0. The van der Waals surface area contributed by atoms with Gasteiger partial charge < -0.3 is 25.7 Å². The van der Waals surface area contributed by atoms with E-state index >= 15 is 0 Å². The van der Waals surface area contributed by atoms with Crippen LogP contribution in [0.5, 0.6) is 5.75 Å². The molecule has 0 radical (unpaired) electrons. The van der Waals surface area contributed by atoms with E-state index in [0.717, 1.165) is 74.8 Å². The zero-order valence-corrected chi connectivity index (χ0v) is 27.9. The Morgan fingerprint density at radius 1 is 0.870 bits per heavy atom. The summed E-state index contributed by atoms with van der Waals surface area (Å²) < 4.78 is 52.8. The third-order valence-corrected chi connectivity index (χ3v) is 11.1. The lowest BCUT2D eigenvalue weighted by atomic mass is 10.0. The minimum atomic E-state index is -3.56. The fourth-order valence-electron chi connectivity index (χ4n) is 6.00. The predicted octanol–water partition coefficient (Wildman–Crippen LogP) is 3.88. The molecule has 0 bridgehead atoms. The third kappa shape index (κ3) is 9.13. The molecule has 2 fully saturated rings. The largest absolute Gasteiger partial charge is 0.506 e. The lowest BCUT2D eigenvalue weighted by Crippen LogP contribution is -2.39. The van der Waals surface area contributed by atoms with E-state index in [-0.39, 0.29) is 18.0 Å². The molecule has 0 saturated carbocycles. The number of hydrogen-bond acceptors (Lipinski definition) is 9. The van der Waals surface area contributed by atoms with Gasteiger partial charge in [-0.1, -0.05) is 24.6 Å². The number of phenolic OH excluding ortho intramolecular Hbond substituents is 1. The van der Waals surface area contributed by atoms with Gasteiger partial charge in [0, 0.05) is 50.1 Å². The summed E-state index contributed by atoms with van der Waals surface area (Å²) in [5.74, 6) is -0.206. The molecule has 2 saturated heterocycles. The van der Waals surface area contributed by atoms with Gasteiger partial charge in [0.15, 0.2) is 0 Å². The second kappa shape index (κ2) is 15.0. The summed E-state index contributed by atoms with van der Waals surface area (Å²) >= 11 is 0. The highest BCUT2D eigenvalue weighted by molar-refractivity contribution is 7.92. The van der Waals surface area contributed by atoms with Crippen molar-refractivity contribution in [1.29, 1.82) is 0 Å². The van der Waals surface area contributed by atoms with E-state index in [1.807, 2.05) is 12.1 Å². The maximum Gasteiger partial charge on any atom is 0.243 e. The maximum absolute atomic E-state index is 13.0. The van der Waals surface area contributed by atoms with Gasteiger partial charge in [-0.15, -0.1) is 0 Å². The first-order valence-electron chi connectivity index (χ1n) is 15.9. The van der Waals surface area contributed by atoms with Crippen LogP contribution >= 0.6 is 0 Å². The molecule has 1 unspecified atom stereocenters. The Hall–Kier alpha value is -3.36. The van der Waals surface area contributed by atoms with E-state index in [9.17, 15) is 27.0 Å². The van der Waals surface area contributed by atoms with Gasteiger partial charge in [-0.3, -0.25) is 4.72 Å². The van der Waals surface area contributed by atoms with Crippen LogP contribution in [0.15, 0.2) is 71.6 Å². The number of piperidine rings is 2. The monoisotopic (exact) mass is 671 g/mol. The Kier molecular flexibility index (Phi) is 11.1. The lowest BCUT2D eigenvalue weighted by molar-refractivity contribution is 0.175. The molecular formula is C33H45N5O6S2. The Balaban J connectivity index is 1.03. The van der Waals surface area contributed by atoms with Crippen molar-refractivity contribution >= 4 is 37.1 Å². The first-order valence-corrected chi connectivity index (χ1v) is 19.2. The van der Waals surface area contributed by atoms with Crippen molar-refractivity contribution in [3.8, 4) is 5.75 Å². The summed E-state index contributed by atoms with van der Waals surface area (Å²) in [4.78, 5) is 2.69. The van der Waals surface area contributed by atoms with Gasteiger partial charge in [0.2, 0.25) is 20.0 Å². The van der Waals surface area contributed by atoms with E-state index in [1.54, 1.807) is 22.5 Å². The molecule has 0 aliphatic carbocycles. The van der Waals surface area contributed by atoms with Gasteiger partial charge in [0.1, 0.15) is 5.75 Å². The first kappa shape index (κ1) is 34.0. The summed E-state index contributed by atoms with van der Waals surface area (Å²) in [6.45, 7) is 3.94. The van der Waals surface area contributed by atoms with Crippen molar-refractivity contribution in [3.63, 3.8) is 0 Å². The quantitative estimate of drug-likeness (QED) is 0.135. The fourth-order valence-corrected chi connectivity index (χ4v) is 8.08. The Bertz CT molecular complexity index is 1650. The molecule has 0 spiro atoms. The standard InChI is InChI=1S/C33H45N5O6S2/c1-45(41,42)36-31-23-26(7-14-32(31)39)33(40)24-34-18-15-25-5-8-27(9-6-25)35-28-16-21-37(22-17-28)29-10-12-30(13-11-29)46(43,44)38-19-3-2-4-20-38/h5-14,23,28,33-36,39-40H,2-4,15-22,24H2,1H3. The van der Waals surface area contributed by atoms with E-state index in [4.69, 9.17) is 0 Å². The average molecular weight is 672 g/mol. The summed E-state index contributed by atoms with van der Waals surface area (Å²) in [6.07, 6.45) is 5.82. The van der Waals surface area contributed by atoms with Gasteiger partial charge in [-0.05, 0) is 98.3 Å². The number of nitrogens with one attached hydrogen (secondary N) is 3. The molecule has 5 rings (SSSR count). The van der Waals surface area contributed by atoms with Crippen molar-refractivity contribution in [1.82, 2.24) is 9.62 Å². The smallest absolute Gasteiger partial charge is 0.243 e. The number of hydrogen-bond donors (Lipinski definition) is 5. The summed E-state index contributed by atoms with van der Waals surface area (Å²) in [7, 11) is -6.97. The number of phenols is 1. The molecular weight excluding hydrogens is 627 g/mol. The second-order valence-electron chi connectivity index (χ2n) is 12.2. The van der Waals surface area contributed by atoms with Gasteiger partial charge in [-0.2, -0.15) is 4.31 Å². The topological polar surface area (TPSA) is 151 Å². The highest BCUT2D eigenvalue weighted by atomic mass is 32.2. The molecule has 3 aromatic rings. The number of nitrogens with zero attached hydrogens (tertiary/aromatic N) is 2. The molecule has 5 N–H and O–H groups in total. The van der Waals surface area contributed by atoms with Crippen LogP contribution in [-0.2, 0) is 26.5 Å². The molecule has 11 nitrogen and oxygen atoms in total. The van der Waals surface area contributed by atoms with E-state index in [1.165, 1.54) is 12.1 Å². The Morgan fingerprint density at radius 2 is 1.54 bits per heavy atom. The Morgan fingerprint density at radius 3 is 2.20 bits per heavy atom. The van der Waals surface area contributed by atoms with Crippen LogP contribution in [0.4, 0.5) is 17.1 Å². The van der Waals surface area contributed by atoms with Crippen LogP contribution < -0.4 is 20.3 Å². The number of anilines is 3. The van der Waals surface area contributed by atoms with E-state index in [0.29, 0.717) is 36.1 Å². The van der Waals surface area contributed by atoms with Crippen LogP contribution in [0.2, 0.25) is 0 Å². The molecule has 2 heterocycles. The molecule has 2 aliphatic rings. The molecule has 13 heteroatoms. The highest BCUT2D eigenvalue weighted by Gasteiger charge is 2.26. The fraction of sp³-hybridized carbons (Fsp3) is 0.455. The van der Waals surface area contributed by atoms with Crippen LogP contribution in [0, 0.1) is 0 Å². The third-order valence-electron chi connectivity index (χ3n) is 8.60. The van der Waals surface area contributed by atoms with Gasteiger partial charge in [0.05, 0.1) is 22.9 Å². The van der Waals surface area contributed by atoms with Crippen LogP contribution in [0.1, 0.15) is 49.3 Å². The van der Waals surface area contributed by atoms with Crippen molar-refractivity contribution in [2.45, 2.75) is 55.6 Å². The van der Waals surface area contributed by atoms with Crippen LogP contribution in [0.25, 0.3) is 0 Å². The van der Waals surface area contributed by atoms with Crippen LogP contribution in [-0.4, -0.2) is 82.9 Å². The number of aromatic hydroxyl groups is 1. The van der Waals surface area contributed by atoms with Crippen LogP contribution in [0.3, 0.4) is 0 Å².